The van der Waals surface area contributed by atoms with Gasteiger partial charge in [-0.15, -0.1) is 0 Å². The van der Waals surface area contributed by atoms with Crippen LogP contribution in [-0.4, -0.2) is 153 Å². The molecule has 3 aliphatic rings. The van der Waals surface area contributed by atoms with Gasteiger partial charge in [0, 0.05) is 184 Å². The van der Waals surface area contributed by atoms with Gasteiger partial charge in [-0.05, 0) is 90.0 Å². The van der Waals surface area contributed by atoms with Crippen molar-refractivity contribution in [1.82, 2.24) is 48.5 Å². The van der Waals surface area contributed by atoms with Crippen molar-refractivity contribution in [3.05, 3.63) is 121 Å². The topological polar surface area (TPSA) is 141 Å². The van der Waals surface area contributed by atoms with Crippen LogP contribution in [0.15, 0.2) is 121 Å². The van der Waals surface area contributed by atoms with Gasteiger partial charge in [-0.1, -0.05) is 19.6 Å². The van der Waals surface area contributed by atoms with Gasteiger partial charge in [-0.3, -0.25) is 24.4 Å². The lowest BCUT2D eigenvalue weighted by molar-refractivity contribution is -0.131. The first-order valence-electron chi connectivity index (χ1n) is 25.1. The van der Waals surface area contributed by atoms with Gasteiger partial charge in [-0.25, -0.2) is 14.6 Å². The van der Waals surface area contributed by atoms with Crippen molar-refractivity contribution in [2.45, 2.75) is 59.4 Å². The Bertz CT molecular complexity index is 2990. The molecule has 0 N–H and O–H groups in total. The van der Waals surface area contributed by atoms with Crippen molar-refractivity contribution in [2.75, 3.05) is 78.6 Å². The van der Waals surface area contributed by atoms with E-state index in [0.717, 1.165) is 130 Å². The fourth-order valence-electron chi connectivity index (χ4n) is 9.15. The molecule has 376 valence electrons. The van der Waals surface area contributed by atoms with Crippen LogP contribution in [0, 0.1) is 0 Å². The van der Waals surface area contributed by atoms with Gasteiger partial charge in [0.25, 0.3) is 0 Å². The molecule has 0 aliphatic carbocycles. The molecule has 0 atom stereocenters. The molecule has 0 radical (unpaired) electrons. The average molecular weight is 990 g/mol. The van der Waals surface area contributed by atoms with E-state index in [0.29, 0.717) is 25.0 Å². The number of ether oxygens (including phenoxy) is 3. The quantitative estimate of drug-likeness (QED) is 0.0644. The highest BCUT2D eigenvalue weighted by atomic mass is 28.3. The second-order valence-electron chi connectivity index (χ2n) is 19.9. The predicted molar refractivity (Wildman–Crippen MR) is 287 cm³/mol. The third-order valence-electron chi connectivity index (χ3n) is 13.6. The summed E-state index contributed by atoms with van der Waals surface area (Å²) in [5, 5.41) is 6.70. The van der Waals surface area contributed by atoms with Crippen molar-refractivity contribution in [3.8, 4) is 34.5 Å². The highest BCUT2D eigenvalue weighted by Gasteiger charge is 2.20. The predicted octanol–water partition coefficient (Wildman–Crippen LogP) is 8.63. The molecule has 2 saturated heterocycles. The van der Waals surface area contributed by atoms with E-state index in [1.807, 2.05) is 81.6 Å². The van der Waals surface area contributed by atoms with Gasteiger partial charge >= 0.3 is 0 Å². The maximum Gasteiger partial charge on any atom is 0.219 e. The maximum atomic E-state index is 11.6. The summed E-state index contributed by atoms with van der Waals surface area (Å²) in [6, 6.07) is 27.5. The summed E-state index contributed by atoms with van der Waals surface area (Å²) in [7, 11) is -1.12. The lowest BCUT2D eigenvalue weighted by Gasteiger charge is -2.34. The fraction of sp³-hybridized carbons (Fsp3) is 0.382. The zero-order valence-corrected chi connectivity index (χ0v) is 43.3. The summed E-state index contributed by atoms with van der Waals surface area (Å²) in [5.41, 5.74) is 6.55. The lowest BCUT2D eigenvalue weighted by atomic mass is 10.1. The van der Waals surface area contributed by atoms with E-state index in [1.165, 1.54) is 16.6 Å². The minimum Gasteiger partial charge on any atom is -0.439 e. The van der Waals surface area contributed by atoms with E-state index in [2.05, 4.69) is 107 Å². The Hall–Kier alpha value is -6.92. The van der Waals surface area contributed by atoms with Crippen LogP contribution in [-0.2, 0) is 34.1 Å². The summed E-state index contributed by atoms with van der Waals surface area (Å²) in [5.74, 6) is 3.00. The zero-order valence-electron chi connectivity index (χ0n) is 42.3. The molecular weight excluding hydrogens is 923 g/mol. The van der Waals surface area contributed by atoms with Gasteiger partial charge in [0.2, 0.25) is 23.6 Å². The van der Waals surface area contributed by atoms with Crippen LogP contribution < -0.4 is 9.47 Å². The number of aromatic nitrogens is 6. The van der Waals surface area contributed by atoms with Crippen LogP contribution in [0.1, 0.15) is 19.4 Å². The molecule has 7 aromatic rings. The number of hydrogen-bond acceptors (Lipinski definition) is 11. The van der Waals surface area contributed by atoms with Gasteiger partial charge in [0.15, 0.2) is 0 Å². The van der Waals surface area contributed by atoms with E-state index in [-0.39, 0.29) is 11.8 Å². The van der Waals surface area contributed by atoms with E-state index in [4.69, 9.17) is 14.2 Å². The largest absolute Gasteiger partial charge is 0.439 e. The van der Waals surface area contributed by atoms with Gasteiger partial charge < -0.3 is 33.1 Å². The molecule has 17 heteroatoms. The molecule has 0 saturated carbocycles. The number of nitrogens with zero attached hydrogens (tertiary/aromatic N) is 11. The number of piperazine rings is 2. The minimum absolute atomic E-state index is 0.168. The summed E-state index contributed by atoms with van der Waals surface area (Å²) in [6.07, 6.45) is 13.5. The number of fused-ring (bicyclic) bond motifs is 2. The second-order valence-corrected chi connectivity index (χ2v) is 25.5. The number of hydrogen-bond donors (Lipinski definition) is 0. The van der Waals surface area contributed by atoms with Crippen LogP contribution in [0.5, 0.6) is 23.3 Å². The highest BCUT2D eigenvalue weighted by Crippen LogP contribution is 2.29. The molecule has 0 unspecified atom stereocenters. The van der Waals surface area contributed by atoms with Crippen LogP contribution >= 0.6 is 0 Å². The van der Waals surface area contributed by atoms with Crippen LogP contribution in [0.2, 0.25) is 25.7 Å². The number of allylic oxidation sites excluding steroid dienone is 1. The number of rotatable bonds is 17. The molecule has 16 nitrogen and oxygen atoms in total. The summed E-state index contributed by atoms with van der Waals surface area (Å²) >= 11 is 0. The van der Waals surface area contributed by atoms with Crippen molar-refractivity contribution in [2.24, 2.45) is 4.99 Å². The third kappa shape index (κ3) is 13.1. The molecular formula is C55H67N11O5Si. The first kappa shape index (κ1) is 50.0. The molecule has 72 heavy (non-hydrogen) atoms. The Morgan fingerprint density at radius 1 is 0.625 bits per heavy atom. The van der Waals surface area contributed by atoms with E-state index < -0.39 is 8.07 Å². The molecule has 0 spiro atoms. The fourth-order valence-corrected chi connectivity index (χ4v) is 9.91. The molecule has 2 aromatic carbocycles. The normalized spacial score (nSPS) is 15.5. The maximum absolute atomic E-state index is 11.6. The van der Waals surface area contributed by atoms with Crippen LogP contribution in [0.25, 0.3) is 38.6 Å². The number of pyridine rings is 2. The van der Waals surface area contributed by atoms with E-state index in [1.54, 1.807) is 20.0 Å². The molecule has 3 aliphatic heterocycles. The van der Waals surface area contributed by atoms with E-state index >= 15 is 0 Å². The van der Waals surface area contributed by atoms with Gasteiger partial charge in [0.05, 0.1) is 12.2 Å². The molecule has 0 bridgehead atoms. The van der Waals surface area contributed by atoms with E-state index in [9.17, 15) is 9.59 Å². The van der Waals surface area contributed by atoms with Crippen molar-refractivity contribution < 1.29 is 23.8 Å². The van der Waals surface area contributed by atoms with Gasteiger partial charge in [-0.2, -0.15) is 5.10 Å². The third-order valence-corrected chi connectivity index (χ3v) is 15.3. The molecule has 5 aromatic heterocycles. The summed E-state index contributed by atoms with van der Waals surface area (Å²) < 4.78 is 24.4. The number of aliphatic imine (C=N–C) groups is 1. The summed E-state index contributed by atoms with van der Waals surface area (Å²) in [6.45, 7) is 23.0. The van der Waals surface area contributed by atoms with Crippen LogP contribution in [0.3, 0.4) is 0 Å². The second kappa shape index (κ2) is 23.1. The first-order chi connectivity index (χ1) is 34.9. The molecule has 10 rings (SSSR count). The molecule has 2 fully saturated rings. The molecule has 2 amide bonds. The number of carbonyl (C=O) groups is 2. The number of amides is 2. The molecule has 8 heterocycles. The smallest absolute Gasteiger partial charge is 0.219 e. The Morgan fingerprint density at radius 3 is 1.64 bits per heavy atom. The van der Waals surface area contributed by atoms with Crippen LogP contribution in [0.4, 0.5) is 0 Å². The minimum atomic E-state index is -1.12. The van der Waals surface area contributed by atoms with Crippen molar-refractivity contribution >= 4 is 53.5 Å². The zero-order chi connectivity index (χ0) is 50.0. The number of benzene rings is 2. The lowest BCUT2D eigenvalue weighted by Crippen LogP contribution is -2.48. The Balaban J connectivity index is 0.000000182. The Morgan fingerprint density at radius 2 is 1.17 bits per heavy atom. The standard InChI is InChI=1S/C30H40N6O3Si.C25H27N5O2/c1-24(37)34-16-13-33(14-17-34)15-18-35-12-10-25-21-27(6-7-28(25)35)39-30-8-5-26(22-31-30)29-9-11-32-36(29)23-38-19-20-40(2,3)4;1-19(31)29-13-10-28(11-14-29)12-15-30-9-7-20-16-23(3-4-24(20)30)32-25-5-2-21(18-27-25)22-6-8-26-17-22/h5-12,21-22H,13-20,23H2,1-4H3;2-9,16,18H,10-15,17H2,1H3. The first-order valence-corrected chi connectivity index (χ1v) is 28.8. The van der Waals surface area contributed by atoms with Crippen molar-refractivity contribution in [3.63, 3.8) is 0 Å². The number of carbonyl (C=O) groups excluding carboxylic acids is 2. The Kier molecular flexibility index (Phi) is 16.0. The average Bonchev–Trinajstić information content (AvgIpc) is 4.23. The van der Waals surface area contributed by atoms with Crippen molar-refractivity contribution in [1.29, 1.82) is 0 Å². The monoisotopic (exact) mass is 990 g/mol. The van der Waals surface area contributed by atoms with Gasteiger partial charge in [0.1, 0.15) is 18.2 Å². The SMILES string of the molecule is CC(=O)N1CCN(CCn2ccc3cc(Oc4ccc(-c5ccnn5COCC[Si](C)(C)C)cn4)ccc32)CC1.CC(=O)N1CCN(CCn2ccc3cc(Oc4ccc(C5=CC=NC5)cn4)ccc32)CC1. The highest BCUT2D eigenvalue weighted by molar-refractivity contribution is 6.76. The summed E-state index contributed by atoms with van der Waals surface area (Å²) in [4.78, 5) is 45.0. The Labute approximate surface area is 423 Å².